The van der Waals surface area contributed by atoms with Gasteiger partial charge in [-0.15, -0.1) is 12.4 Å². The Bertz CT molecular complexity index is 868. The molecule has 6 heteroatoms. The smallest absolute Gasteiger partial charge is 0.106 e. The van der Waals surface area contributed by atoms with Crippen LogP contribution in [0.1, 0.15) is 53.0 Å². The highest BCUT2D eigenvalue weighted by Crippen LogP contribution is 2.49. The van der Waals surface area contributed by atoms with E-state index >= 15 is 0 Å². The van der Waals surface area contributed by atoms with E-state index < -0.39 is 0 Å². The van der Waals surface area contributed by atoms with Gasteiger partial charge in [0.15, 0.2) is 0 Å². The van der Waals surface area contributed by atoms with Crippen LogP contribution in [0.5, 0.6) is 0 Å². The highest BCUT2D eigenvalue weighted by Gasteiger charge is 2.31. The molecule has 0 saturated heterocycles. The van der Waals surface area contributed by atoms with Gasteiger partial charge in [0.05, 0.1) is 17.5 Å². The molecule has 0 amide bonds. The van der Waals surface area contributed by atoms with Crippen molar-refractivity contribution in [2.75, 3.05) is 24.5 Å². The van der Waals surface area contributed by atoms with Gasteiger partial charge < -0.3 is 10.2 Å². The number of rotatable bonds is 9. The van der Waals surface area contributed by atoms with Gasteiger partial charge >= 0.3 is 0 Å². The molecule has 0 aliphatic carbocycles. The van der Waals surface area contributed by atoms with Crippen LogP contribution in [0.4, 0.5) is 11.4 Å². The van der Waals surface area contributed by atoms with Crippen molar-refractivity contribution in [3.63, 3.8) is 0 Å². The van der Waals surface area contributed by atoms with Crippen molar-refractivity contribution < 1.29 is 0 Å². The van der Waals surface area contributed by atoms with Gasteiger partial charge in [0.25, 0.3) is 0 Å². The summed E-state index contributed by atoms with van der Waals surface area (Å²) in [6, 6.07) is 15.5. The molecule has 31 heavy (non-hydrogen) atoms. The van der Waals surface area contributed by atoms with Crippen LogP contribution < -0.4 is 10.2 Å². The van der Waals surface area contributed by atoms with Gasteiger partial charge in [-0.1, -0.05) is 76.8 Å². The van der Waals surface area contributed by atoms with E-state index in [0.717, 1.165) is 43.0 Å². The second kappa shape index (κ2) is 12.1. The van der Waals surface area contributed by atoms with Gasteiger partial charge in [0, 0.05) is 21.9 Å². The first-order valence-corrected chi connectivity index (χ1v) is 12.4. The Labute approximate surface area is 204 Å². The third-order valence-corrected chi connectivity index (χ3v) is 7.24. The quantitative estimate of drug-likeness (QED) is 0.387. The lowest BCUT2D eigenvalue weighted by atomic mass is 10.1. The Kier molecular flexibility index (Phi) is 10.1. The zero-order chi connectivity index (χ0) is 21.7. The van der Waals surface area contributed by atoms with Crippen LogP contribution in [-0.4, -0.2) is 35.7 Å². The average molecular weight is 478 g/mol. The third kappa shape index (κ3) is 5.95. The Morgan fingerprint density at radius 2 is 1.71 bits per heavy atom. The number of anilines is 2. The van der Waals surface area contributed by atoms with Crippen LogP contribution in [0.25, 0.3) is 0 Å². The van der Waals surface area contributed by atoms with E-state index in [1.165, 1.54) is 21.2 Å². The zero-order valence-corrected chi connectivity index (χ0v) is 21.8. The maximum Gasteiger partial charge on any atom is 0.106 e. The number of hydrogen-bond donors (Lipinski definition) is 1. The van der Waals surface area contributed by atoms with Gasteiger partial charge in [-0.25, -0.2) is 0 Å². The summed E-state index contributed by atoms with van der Waals surface area (Å²) in [5.74, 6) is 0.673. The largest absolute Gasteiger partial charge is 0.376 e. The van der Waals surface area contributed by atoms with Crippen LogP contribution >= 0.6 is 36.4 Å². The third-order valence-electron chi connectivity index (χ3n) is 5.73. The Balaban J connectivity index is 0.00000341. The lowest BCUT2D eigenvalue weighted by molar-refractivity contribution is 0.213. The average Bonchev–Trinajstić information content (AvgIpc) is 2.75. The molecule has 1 unspecified atom stereocenters. The molecule has 3 rings (SSSR count). The van der Waals surface area contributed by atoms with Crippen molar-refractivity contribution in [2.45, 2.75) is 63.4 Å². The summed E-state index contributed by atoms with van der Waals surface area (Å²) in [5, 5.41) is 3.46. The molecule has 0 aromatic heterocycles. The first-order valence-electron chi connectivity index (χ1n) is 11.2. The number of benzene rings is 2. The molecule has 1 aliphatic rings. The lowest BCUT2D eigenvalue weighted by Gasteiger charge is -2.43. The maximum atomic E-state index is 5.74. The Morgan fingerprint density at radius 3 is 2.35 bits per heavy atom. The molecule has 0 fully saturated rings. The Hall–Kier alpha value is -1.27. The monoisotopic (exact) mass is 477 g/mol. The fourth-order valence-electron chi connectivity index (χ4n) is 4.07. The second-order valence-corrected chi connectivity index (χ2v) is 9.66. The predicted molar refractivity (Wildman–Crippen MR) is 143 cm³/mol. The van der Waals surface area contributed by atoms with E-state index in [0.29, 0.717) is 12.1 Å². The van der Waals surface area contributed by atoms with E-state index in [2.05, 4.69) is 92.2 Å². The van der Waals surface area contributed by atoms with Gasteiger partial charge in [-0.05, 0) is 56.1 Å². The highest BCUT2D eigenvalue weighted by molar-refractivity contribution is 7.99. The normalized spacial score (nSPS) is 13.5. The molecular formula is C25H36ClN3S2. The molecule has 0 saturated carbocycles. The van der Waals surface area contributed by atoms with Crippen LogP contribution in [0.3, 0.4) is 0 Å². The van der Waals surface area contributed by atoms with Crippen molar-refractivity contribution in [3.05, 3.63) is 48.0 Å². The lowest BCUT2D eigenvalue weighted by Crippen LogP contribution is -2.46. The SMILES string of the molecule is CCC(N(CC)CC)N1c2ccccc2Sc2ccc(C(=S)NCCC(C)C)cc21.Cl. The Morgan fingerprint density at radius 1 is 1.03 bits per heavy atom. The molecule has 1 heterocycles. The van der Waals surface area contributed by atoms with E-state index in [1.807, 2.05) is 11.8 Å². The van der Waals surface area contributed by atoms with Crippen molar-refractivity contribution in [1.82, 2.24) is 10.2 Å². The fourth-order valence-corrected chi connectivity index (χ4v) is 5.35. The molecule has 170 valence electrons. The predicted octanol–water partition coefficient (Wildman–Crippen LogP) is 7.10. The number of nitrogens with one attached hydrogen (secondary N) is 1. The zero-order valence-electron chi connectivity index (χ0n) is 19.4. The first kappa shape index (κ1) is 26.0. The molecule has 1 N–H and O–H groups in total. The summed E-state index contributed by atoms with van der Waals surface area (Å²) in [4.78, 5) is 8.55. The summed E-state index contributed by atoms with van der Waals surface area (Å²) in [6.07, 6.45) is 2.50. The van der Waals surface area contributed by atoms with Crippen molar-refractivity contribution >= 4 is 52.8 Å². The number of halogens is 1. The second-order valence-electron chi connectivity index (χ2n) is 8.17. The number of thiocarbonyl (C=S) groups is 1. The molecule has 1 atom stereocenters. The summed E-state index contributed by atoms with van der Waals surface area (Å²) in [7, 11) is 0. The van der Waals surface area contributed by atoms with E-state index in [4.69, 9.17) is 12.2 Å². The maximum absolute atomic E-state index is 5.74. The number of nitrogens with zero attached hydrogens (tertiary/aromatic N) is 2. The van der Waals surface area contributed by atoms with Gasteiger partial charge in [0.1, 0.15) is 4.99 Å². The minimum absolute atomic E-state index is 0. The van der Waals surface area contributed by atoms with Crippen molar-refractivity contribution in [1.29, 1.82) is 0 Å². The number of para-hydroxylation sites is 1. The molecule has 2 aromatic rings. The molecule has 3 nitrogen and oxygen atoms in total. The minimum Gasteiger partial charge on any atom is -0.376 e. The van der Waals surface area contributed by atoms with Gasteiger partial charge in [0.2, 0.25) is 0 Å². The minimum atomic E-state index is 0. The topological polar surface area (TPSA) is 18.5 Å². The van der Waals surface area contributed by atoms with Gasteiger partial charge in [-0.3, -0.25) is 4.90 Å². The van der Waals surface area contributed by atoms with E-state index in [-0.39, 0.29) is 12.4 Å². The highest BCUT2D eigenvalue weighted by atomic mass is 35.5. The molecule has 1 aliphatic heterocycles. The summed E-state index contributed by atoms with van der Waals surface area (Å²) in [5.41, 5.74) is 3.67. The van der Waals surface area contributed by atoms with Crippen molar-refractivity contribution in [3.8, 4) is 0 Å². The molecule has 0 bridgehead atoms. The summed E-state index contributed by atoms with van der Waals surface area (Å²) >= 11 is 7.60. The van der Waals surface area contributed by atoms with Gasteiger partial charge in [-0.2, -0.15) is 0 Å². The summed E-state index contributed by atoms with van der Waals surface area (Å²) in [6.45, 7) is 14.3. The molecule has 2 aromatic carbocycles. The number of fused-ring (bicyclic) bond motifs is 2. The van der Waals surface area contributed by atoms with E-state index in [1.54, 1.807) is 0 Å². The molecular weight excluding hydrogens is 442 g/mol. The fraction of sp³-hybridized carbons (Fsp3) is 0.480. The van der Waals surface area contributed by atoms with Crippen LogP contribution in [0.2, 0.25) is 0 Å². The van der Waals surface area contributed by atoms with Crippen LogP contribution in [0, 0.1) is 5.92 Å². The molecule has 0 radical (unpaired) electrons. The van der Waals surface area contributed by atoms with E-state index in [9.17, 15) is 0 Å². The number of hydrogen-bond acceptors (Lipinski definition) is 4. The standard InChI is InChI=1S/C25H35N3S2.ClH/c1-6-24(27(7-2)8-3)28-20-11-9-10-12-22(20)30-23-14-13-19(17-21(23)28)25(29)26-16-15-18(4)5;/h9-14,17-18,24H,6-8,15-16H2,1-5H3,(H,26,29);1H. The van der Waals surface area contributed by atoms with Crippen molar-refractivity contribution in [2.24, 2.45) is 5.92 Å². The summed E-state index contributed by atoms with van der Waals surface area (Å²) < 4.78 is 0. The van der Waals surface area contributed by atoms with Crippen LogP contribution in [0.15, 0.2) is 52.3 Å². The molecule has 0 spiro atoms. The van der Waals surface area contributed by atoms with Crippen LogP contribution in [-0.2, 0) is 0 Å². The first-order chi connectivity index (χ1) is 14.5.